The first-order chi connectivity index (χ1) is 5.25. The van der Waals surface area contributed by atoms with Crippen molar-refractivity contribution in [3.05, 3.63) is 21.9 Å². The maximum Gasteiger partial charge on any atom is 0.339 e. The third-order valence-corrected chi connectivity index (χ3v) is 2.21. The predicted octanol–water partition coefficient (Wildman–Crippen LogP) is 2.23. The molecule has 0 bridgehead atoms. The average Bonchev–Trinajstić information content (AvgIpc) is 2.36. The second-order valence-corrected chi connectivity index (χ2v) is 2.93. The lowest BCUT2D eigenvalue weighted by Gasteiger charge is -1.98. The number of aryl methyl sites for hydroxylation is 1. The highest BCUT2D eigenvalue weighted by Crippen LogP contribution is 2.14. The molecule has 1 heterocycles. The summed E-state index contributed by atoms with van der Waals surface area (Å²) >= 11 is 1.52. The van der Waals surface area contributed by atoms with Gasteiger partial charge in [0.25, 0.3) is 0 Å². The molecular weight excluding hydrogens is 160 g/mol. The number of carbonyl (C=O) groups excluding carboxylic acids is 1. The zero-order valence-electron chi connectivity index (χ0n) is 6.59. The summed E-state index contributed by atoms with van der Waals surface area (Å²) in [7, 11) is 0. The fourth-order valence-electron chi connectivity index (χ4n) is 0.778. The van der Waals surface area contributed by atoms with E-state index < -0.39 is 0 Å². The molecule has 1 rings (SSSR count). The lowest BCUT2D eigenvalue weighted by atomic mass is 10.2. The molecular formula is C8H10O2S. The summed E-state index contributed by atoms with van der Waals surface area (Å²) in [6.07, 6.45) is 0. The van der Waals surface area contributed by atoms with Crippen molar-refractivity contribution in [2.45, 2.75) is 13.8 Å². The van der Waals surface area contributed by atoms with E-state index >= 15 is 0 Å². The van der Waals surface area contributed by atoms with Crippen LogP contribution in [0.15, 0.2) is 10.8 Å². The molecule has 0 radical (unpaired) electrons. The van der Waals surface area contributed by atoms with Crippen molar-refractivity contribution in [1.29, 1.82) is 0 Å². The maximum absolute atomic E-state index is 11.1. The van der Waals surface area contributed by atoms with Crippen molar-refractivity contribution < 1.29 is 9.53 Å². The van der Waals surface area contributed by atoms with E-state index in [1.54, 1.807) is 6.92 Å². The van der Waals surface area contributed by atoms with Gasteiger partial charge in [0.15, 0.2) is 0 Å². The van der Waals surface area contributed by atoms with E-state index in [4.69, 9.17) is 4.74 Å². The van der Waals surface area contributed by atoms with Gasteiger partial charge in [0.2, 0.25) is 0 Å². The first-order valence-electron chi connectivity index (χ1n) is 3.45. The Balaban J connectivity index is 2.76. The Hall–Kier alpha value is -0.830. The van der Waals surface area contributed by atoms with Crippen LogP contribution in [-0.4, -0.2) is 12.6 Å². The number of thiophene rings is 1. The van der Waals surface area contributed by atoms with E-state index in [1.807, 2.05) is 17.7 Å². The van der Waals surface area contributed by atoms with Crippen LogP contribution in [0.25, 0.3) is 0 Å². The van der Waals surface area contributed by atoms with Gasteiger partial charge in [-0.25, -0.2) is 4.79 Å². The van der Waals surface area contributed by atoms with E-state index in [0.29, 0.717) is 12.2 Å². The molecule has 0 fully saturated rings. The summed E-state index contributed by atoms with van der Waals surface area (Å²) in [5, 5.41) is 3.75. The van der Waals surface area contributed by atoms with Crippen molar-refractivity contribution in [2.75, 3.05) is 6.61 Å². The Labute approximate surface area is 69.8 Å². The minimum absolute atomic E-state index is 0.216. The van der Waals surface area contributed by atoms with Crippen molar-refractivity contribution in [2.24, 2.45) is 0 Å². The lowest BCUT2D eigenvalue weighted by molar-refractivity contribution is 0.0526. The number of hydrogen-bond acceptors (Lipinski definition) is 3. The maximum atomic E-state index is 11.1. The fourth-order valence-corrected chi connectivity index (χ4v) is 1.60. The molecule has 0 unspecified atom stereocenters. The predicted molar refractivity (Wildman–Crippen MR) is 45.0 cm³/mol. The molecule has 0 aliphatic heterocycles. The number of hydrogen-bond donors (Lipinski definition) is 0. The summed E-state index contributed by atoms with van der Waals surface area (Å²) in [6.45, 7) is 4.15. The standard InChI is InChI=1S/C8H10O2S/c1-3-10-8(9)7-5-11-4-6(7)2/h4-5H,3H2,1-2H3. The number of ether oxygens (including phenoxy) is 1. The van der Waals surface area contributed by atoms with Gasteiger partial charge >= 0.3 is 5.97 Å². The van der Waals surface area contributed by atoms with Gasteiger partial charge in [-0.2, -0.15) is 11.3 Å². The monoisotopic (exact) mass is 170 g/mol. The first kappa shape index (κ1) is 8.27. The van der Waals surface area contributed by atoms with E-state index in [2.05, 4.69) is 0 Å². The van der Waals surface area contributed by atoms with E-state index in [9.17, 15) is 4.79 Å². The van der Waals surface area contributed by atoms with Gasteiger partial charge in [-0.15, -0.1) is 0 Å². The molecule has 0 spiro atoms. The Morgan fingerprint density at radius 1 is 1.64 bits per heavy atom. The zero-order valence-corrected chi connectivity index (χ0v) is 7.40. The van der Waals surface area contributed by atoms with Crippen LogP contribution in [-0.2, 0) is 4.74 Å². The molecule has 2 nitrogen and oxygen atoms in total. The normalized spacial score (nSPS) is 9.64. The Bertz CT molecular complexity index is 252. The van der Waals surface area contributed by atoms with Crippen LogP contribution < -0.4 is 0 Å². The Morgan fingerprint density at radius 3 is 2.82 bits per heavy atom. The number of rotatable bonds is 2. The molecule has 1 aromatic rings. The van der Waals surface area contributed by atoms with Gasteiger partial charge in [-0.1, -0.05) is 0 Å². The summed E-state index contributed by atoms with van der Waals surface area (Å²) in [6, 6.07) is 0. The highest BCUT2D eigenvalue weighted by atomic mass is 32.1. The quantitative estimate of drug-likeness (QED) is 0.636. The van der Waals surface area contributed by atoms with Gasteiger partial charge in [-0.05, 0) is 24.8 Å². The van der Waals surface area contributed by atoms with Crippen molar-refractivity contribution in [1.82, 2.24) is 0 Å². The topological polar surface area (TPSA) is 26.3 Å². The van der Waals surface area contributed by atoms with Crippen LogP contribution in [0.3, 0.4) is 0 Å². The van der Waals surface area contributed by atoms with E-state index in [-0.39, 0.29) is 5.97 Å². The molecule has 60 valence electrons. The number of esters is 1. The molecule has 3 heteroatoms. The molecule has 0 saturated carbocycles. The third-order valence-electron chi connectivity index (χ3n) is 1.35. The minimum atomic E-state index is -0.216. The Kier molecular flexibility index (Phi) is 2.65. The van der Waals surface area contributed by atoms with E-state index in [0.717, 1.165) is 5.56 Å². The highest BCUT2D eigenvalue weighted by Gasteiger charge is 2.09. The van der Waals surface area contributed by atoms with Crippen LogP contribution in [0.4, 0.5) is 0 Å². The van der Waals surface area contributed by atoms with Crippen molar-refractivity contribution >= 4 is 17.3 Å². The van der Waals surface area contributed by atoms with Gasteiger partial charge in [0.05, 0.1) is 12.2 Å². The molecule has 11 heavy (non-hydrogen) atoms. The average molecular weight is 170 g/mol. The molecule has 0 N–H and O–H groups in total. The molecule has 0 atom stereocenters. The number of carbonyl (C=O) groups is 1. The van der Waals surface area contributed by atoms with Crippen LogP contribution in [0.2, 0.25) is 0 Å². The SMILES string of the molecule is CCOC(=O)c1cscc1C. The minimum Gasteiger partial charge on any atom is -0.462 e. The second kappa shape index (κ2) is 3.53. The summed E-state index contributed by atoms with van der Waals surface area (Å²) in [4.78, 5) is 11.1. The molecule has 0 aliphatic rings. The highest BCUT2D eigenvalue weighted by molar-refractivity contribution is 7.08. The van der Waals surface area contributed by atoms with Crippen LogP contribution in [0.5, 0.6) is 0 Å². The first-order valence-corrected chi connectivity index (χ1v) is 4.40. The molecule has 0 saturated heterocycles. The molecule has 0 aromatic carbocycles. The molecule has 0 aliphatic carbocycles. The smallest absolute Gasteiger partial charge is 0.339 e. The van der Waals surface area contributed by atoms with Crippen LogP contribution in [0.1, 0.15) is 22.8 Å². The molecule has 0 amide bonds. The van der Waals surface area contributed by atoms with Crippen molar-refractivity contribution in [3.8, 4) is 0 Å². The lowest BCUT2D eigenvalue weighted by Crippen LogP contribution is -2.04. The zero-order chi connectivity index (χ0) is 8.27. The Morgan fingerprint density at radius 2 is 2.36 bits per heavy atom. The van der Waals surface area contributed by atoms with Gasteiger partial charge in [0.1, 0.15) is 0 Å². The van der Waals surface area contributed by atoms with Crippen molar-refractivity contribution in [3.63, 3.8) is 0 Å². The van der Waals surface area contributed by atoms with Crippen LogP contribution >= 0.6 is 11.3 Å². The second-order valence-electron chi connectivity index (χ2n) is 2.19. The van der Waals surface area contributed by atoms with Crippen LogP contribution in [0, 0.1) is 6.92 Å². The summed E-state index contributed by atoms with van der Waals surface area (Å²) in [5.74, 6) is -0.216. The van der Waals surface area contributed by atoms with E-state index in [1.165, 1.54) is 11.3 Å². The summed E-state index contributed by atoms with van der Waals surface area (Å²) < 4.78 is 4.83. The third kappa shape index (κ3) is 1.80. The fraction of sp³-hybridized carbons (Fsp3) is 0.375. The van der Waals surface area contributed by atoms with Gasteiger partial charge in [-0.3, -0.25) is 0 Å². The van der Waals surface area contributed by atoms with Gasteiger partial charge < -0.3 is 4.74 Å². The van der Waals surface area contributed by atoms with Gasteiger partial charge in [0, 0.05) is 5.38 Å². The molecule has 1 aromatic heterocycles. The summed E-state index contributed by atoms with van der Waals surface area (Å²) in [5.41, 5.74) is 1.69. The largest absolute Gasteiger partial charge is 0.462 e.